The SMILES string of the molecule is COc1ccc(OCC[NH+](C)C2CCCCC2)cc1. The minimum Gasteiger partial charge on any atom is -0.497 e. The Labute approximate surface area is 116 Å². The first-order chi connectivity index (χ1) is 9.29. The van der Waals surface area contributed by atoms with E-state index in [2.05, 4.69) is 7.05 Å². The van der Waals surface area contributed by atoms with Crippen LogP contribution in [-0.4, -0.2) is 33.4 Å². The van der Waals surface area contributed by atoms with Gasteiger partial charge in [-0.2, -0.15) is 0 Å². The third kappa shape index (κ3) is 4.43. The van der Waals surface area contributed by atoms with Crippen molar-refractivity contribution in [2.75, 3.05) is 27.3 Å². The molecule has 1 atom stereocenters. The van der Waals surface area contributed by atoms with E-state index in [1.807, 2.05) is 24.3 Å². The third-order valence-electron chi connectivity index (χ3n) is 4.13. The van der Waals surface area contributed by atoms with Crippen LogP contribution in [0.1, 0.15) is 32.1 Å². The number of nitrogens with one attached hydrogen (secondary N) is 1. The summed E-state index contributed by atoms with van der Waals surface area (Å²) in [6, 6.07) is 8.65. The molecule has 0 aliphatic heterocycles. The normalized spacial score (nSPS) is 18.0. The molecule has 3 nitrogen and oxygen atoms in total. The standard InChI is InChI=1S/C16H25NO2/c1-17(14-6-4-3-5-7-14)12-13-19-16-10-8-15(18-2)9-11-16/h8-11,14H,3-7,12-13H2,1-2H3/p+1. The van der Waals surface area contributed by atoms with E-state index in [4.69, 9.17) is 9.47 Å². The molecule has 1 aliphatic carbocycles. The van der Waals surface area contributed by atoms with E-state index in [0.29, 0.717) is 0 Å². The lowest BCUT2D eigenvalue weighted by Gasteiger charge is -2.28. The summed E-state index contributed by atoms with van der Waals surface area (Å²) < 4.78 is 10.9. The van der Waals surface area contributed by atoms with Gasteiger partial charge in [-0.15, -0.1) is 0 Å². The summed E-state index contributed by atoms with van der Waals surface area (Å²) >= 11 is 0. The summed E-state index contributed by atoms with van der Waals surface area (Å²) in [6.07, 6.45) is 7.00. The van der Waals surface area contributed by atoms with Gasteiger partial charge in [0.25, 0.3) is 0 Å². The Morgan fingerprint density at radius 1 is 1.05 bits per heavy atom. The van der Waals surface area contributed by atoms with E-state index in [1.54, 1.807) is 12.0 Å². The van der Waals surface area contributed by atoms with Crippen LogP contribution in [0.3, 0.4) is 0 Å². The Kier molecular flexibility index (Phi) is 5.52. The first-order valence-corrected chi connectivity index (χ1v) is 7.39. The van der Waals surface area contributed by atoms with E-state index < -0.39 is 0 Å². The van der Waals surface area contributed by atoms with Gasteiger partial charge < -0.3 is 14.4 Å². The number of rotatable bonds is 6. The molecule has 1 aromatic rings. The van der Waals surface area contributed by atoms with Crippen LogP contribution in [0.4, 0.5) is 0 Å². The van der Waals surface area contributed by atoms with Gasteiger partial charge in [0.05, 0.1) is 20.2 Å². The van der Waals surface area contributed by atoms with Crippen LogP contribution in [0.15, 0.2) is 24.3 Å². The second kappa shape index (κ2) is 7.39. The Balaban J connectivity index is 1.69. The van der Waals surface area contributed by atoms with Crippen LogP contribution in [-0.2, 0) is 0 Å². The largest absolute Gasteiger partial charge is 0.497 e. The van der Waals surface area contributed by atoms with Crippen molar-refractivity contribution in [2.45, 2.75) is 38.1 Å². The second-order valence-electron chi connectivity index (χ2n) is 5.46. The van der Waals surface area contributed by atoms with Gasteiger partial charge in [0.15, 0.2) is 0 Å². The number of hydrogen-bond donors (Lipinski definition) is 1. The van der Waals surface area contributed by atoms with Gasteiger partial charge in [0.1, 0.15) is 24.7 Å². The maximum Gasteiger partial charge on any atom is 0.137 e. The van der Waals surface area contributed by atoms with Gasteiger partial charge >= 0.3 is 0 Å². The molecule has 1 N–H and O–H groups in total. The molecule has 0 radical (unpaired) electrons. The lowest BCUT2D eigenvalue weighted by atomic mass is 9.94. The van der Waals surface area contributed by atoms with Crippen LogP contribution < -0.4 is 14.4 Å². The first-order valence-electron chi connectivity index (χ1n) is 7.39. The van der Waals surface area contributed by atoms with Crippen LogP contribution >= 0.6 is 0 Å². The fraction of sp³-hybridized carbons (Fsp3) is 0.625. The zero-order chi connectivity index (χ0) is 13.5. The minimum atomic E-state index is 0.786. The molecule has 0 bridgehead atoms. The zero-order valence-corrected chi connectivity index (χ0v) is 12.2. The molecule has 3 heteroatoms. The van der Waals surface area contributed by atoms with Crippen molar-refractivity contribution >= 4 is 0 Å². The summed E-state index contributed by atoms with van der Waals surface area (Å²) in [5.41, 5.74) is 0. The van der Waals surface area contributed by atoms with E-state index in [1.165, 1.54) is 32.1 Å². The molecule has 1 saturated carbocycles. The summed E-state index contributed by atoms with van der Waals surface area (Å²) in [7, 11) is 3.98. The maximum absolute atomic E-state index is 5.79. The van der Waals surface area contributed by atoms with E-state index in [-0.39, 0.29) is 0 Å². The highest BCUT2D eigenvalue weighted by atomic mass is 16.5. The predicted molar refractivity (Wildman–Crippen MR) is 77.1 cm³/mol. The fourth-order valence-electron chi connectivity index (χ4n) is 2.80. The molecule has 19 heavy (non-hydrogen) atoms. The number of benzene rings is 1. The quantitative estimate of drug-likeness (QED) is 0.848. The molecule has 1 unspecified atom stereocenters. The molecule has 1 aliphatic rings. The average Bonchev–Trinajstić information content (AvgIpc) is 2.49. The summed E-state index contributed by atoms with van der Waals surface area (Å²) in [4.78, 5) is 1.62. The van der Waals surface area contributed by atoms with Crippen molar-refractivity contribution in [3.05, 3.63) is 24.3 Å². The molecule has 0 saturated heterocycles. The summed E-state index contributed by atoms with van der Waals surface area (Å²) in [5.74, 6) is 1.80. The Morgan fingerprint density at radius 3 is 2.32 bits per heavy atom. The Morgan fingerprint density at radius 2 is 1.68 bits per heavy atom. The number of methoxy groups -OCH3 is 1. The van der Waals surface area contributed by atoms with Crippen molar-refractivity contribution < 1.29 is 14.4 Å². The van der Waals surface area contributed by atoms with Gasteiger partial charge in [-0.05, 0) is 49.9 Å². The van der Waals surface area contributed by atoms with E-state index >= 15 is 0 Å². The molecule has 0 heterocycles. The van der Waals surface area contributed by atoms with E-state index in [0.717, 1.165) is 30.7 Å². The van der Waals surface area contributed by atoms with Gasteiger partial charge in [-0.3, -0.25) is 0 Å². The topological polar surface area (TPSA) is 22.9 Å². The lowest BCUT2D eigenvalue weighted by Crippen LogP contribution is -3.13. The second-order valence-corrected chi connectivity index (χ2v) is 5.46. The van der Waals surface area contributed by atoms with Gasteiger partial charge in [-0.1, -0.05) is 6.42 Å². The van der Waals surface area contributed by atoms with Crippen LogP contribution in [0.2, 0.25) is 0 Å². The number of likely N-dealkylation sites (N-methyl/N-ethyl adjacent to an activating group) is 1. The smallest absolute Gasteiger partial charge is 0.137 e. The van der Waals surface area contributed by atoms with Crippen molar-refractivity contribution in [3.63, 3.8) is 0 Å². The highest BCUT2D eigenvalue weighted by Gasteiger charge is 2.20. The number of ether oxygens (including phenoxy) is 2. The molecule has 1 fully saturated rings. The number of quaternary nitrogens is 1. The lowest BCUT2D eigenvalue weighted by molar-refractivity contribution is -0.907. The molecular weight excluding hydrogens is 238 g/mol. The highest BCUT2D eigenvalue weighted by molar-refractivity contribution is 5.31. The Hall–Kier alpha value is -1.22. The highest BCUT2D eigenvalue weighted by Crippen LogP contribution is 2.17. The Bertz CT molecular complexity index is 358. The van der Waals surface area contributed by atoms with Crippen molar-refractivity contribution in [1.29, 1.82) is 0 Å². The molecular formula is C16H26NO2+. The molecule has 0 spiro atoms. The van der Waals surface area contributed by atoms with Crippen molar-refractivity contribution in [2.24, 2.45) is 0 Å². The molecule has 0 amide bonds. The van der Waals surface area contributed by atoms with Gasteiger partial charge in [0, 0.05) is 0 Å². The predicted octanol–water partition coefficient (Wildman–Crippen LogP) is 1.92. The van der Waals surface area contributed by atoms with Gasteiger partial charge in [0.2, 0.25) is 0 Å². The first kappa shape index (κ1) is 14.2. The fourth-order valence-corrected chi connectivity index (χ4v) is 2.80. The van der Waals surface area contributed by atoms with Gasteiger partial charge in [-0.25, -0.2) is 0 Å². The molecule has 0 aromatic heterocycles. The molecule has 2 rings (SSSR count). The van der Waals surface area contributed by atoms with Crippen molar-refractivity contribution in [3.8, 4) is 11.5 Å². The minimum absolute atomic E-state index is 0.786. The monoisotopic (exact) mass is 264 g/mol. The van der Waals surface area contributed by atoms with Crippen LogP contribution in [0, 0.1) is 0 Å². The molecule has 1 aromatic carbocycles. The van der Waals surface area contributed by atoms with E-state index in [9.17, 15) is 0 Å². The van der Waals surface area contributed by atoms with Crippen LogP contribution in [0.25, 0.3) is 0 Å². The third-order valence-corrected chi connectivity index (χ3v) is 4.13. The summed E-state index contributed by atoms with van der Waals surface area (Å²) in [5, 5.41) is 0. The zero-order valence-electron chi connectivity index (χ0n) is 12.2. The van der Waals surface area contributed by atoms with Crippen molar-refractivity contribution in [1.82, 2.24) is 0 Å². The molecule has 106 valence electrons. The maximum atomic E-state index is 5.79. The number of hydrogen-bond acceptors (Lipinski definition) is 2. The average molecular weight is 264 g/mol. The van der Waals surface area contributed by atoms with Crippen LogP contribution in [0.5, 0.6) is 11.5 Å². The summed E-state index contributed by atoms with van der Waals surface area (Å²) in [6.45, 7) is 1.87.